The first-order valence-corrected chi connectivity index (χ1v) is 9.63. The molecule has 6 heteroatoms. The minimum absolute atomic E-state index is 0.00417. The van der Waals surface area contributed by atoms with E-state index in [9.17, 15) is 9.00 Å². The van der Waals surface area contributed by atoms with Gasteiger partial charge in [0.25, 0.3) is 0 Å². The van der Waals surface area contributed by atoms with E-state index in [1.165, 1.54) is 0 Å². The molecule has 0 aliphatic rings. The lowest BCUT2D eigenvalue weighted by Crippen LogP contribution is -2.29. The van der Waals surface area contributed by atoms with Crippen molar-refractivity contribution in [1.82, 2.24) is 10.3 Å². The summed E-state index contributed by atoms with van der Waals surface area (Å²) in [5.74, 6) is 1.21. The van der Waals surface area contributed by atoms with Crippen molar-refractivity contribution in [3.63, 3.8) is 0 Å². The molecule has 0 spiro atoms. The van der Waals surface area contributed by atoms with Crippen LogP contribution in [0.2, 0.25) is 0 Å². The zero-order valence-corrected chi connectivity index (χ0v) is 15.2. The van der Waals surface area contributed by atoms with Crippen LogP contribution in [0.3, 0.4) is 0 Å². The highest BCUT2D eigenvalue weighted by atomic mass is 32.2. The molecule has 1 aromatic heterocycles. The first-order valence-electron chi connectivity index (χ1n) is 8.14. The standard InChI is InChI=1S/C18H24N2O3S/c1-4-5-9-19-17(21)12-24(22)11-16-14(3)23-18(20-16)15-8-6-7-13(2)10-15/h6-8,10H,4-5,9,11-12H2,1-3H3,(H,19,21)/t24-/m1/s1. The van der Waals surface area contributed by atoms with Gasteiger partial charge in [-0.1, -0.05) is 31.0 Å². The Bertz CT molecular complexity index is 725. The minimum atomic E-state index is -1.30. The van der Waals surface area contributed by atoms with E-state index in [0.717, 1.165) is 24.0 Å². The van der Waals surface area contributed by atoms with Crippen LogP contribution >= 0.6 is 0 Å². The summed E-state index contributed by atoms with van der Waals surface area (Å²) in [6.07, 6.45) is 1.95. The fourth-order valence-electron chi connectivity index (χ4n) is 2.27. The van der Waals surface area contributed by atoms with Gasteiger partial charge in [0.15, 0.2) is 0 Å². The summed E-state index contributed by atoms with van der Waals surface area (Å²) in [4.78, 5) is 16.2. The maximum absolute atomic E-state index is 12.2. The van der Waals surface area contributed by atoms with Crippen molar-refractivity contribution in [3.05, 3.63) is 41.3 Å². The average Bonchev–Trinajstić information content (AvgIpc) is 2.88. The number of carbonyl (C=O) groups excluding carboxylic acids is 1. The van der Waals surface area contributed by atoms with E-state index >= 15 is 0 Å². The summed E-state index contributed by atoms with van der Waals surface area (Å²) in [7, 11) is -1.30. The van der Waals surface area contributed by atoms with Crippen molar-refractivity contribution in [2.24, 2.45) is 0 Å². The van der Waals surface area contributed by atoms with Crippen molar-refractivity contribution < 1.29 is 13.4 Å². The van der Waals surface area contributed by atoms with Crippen molar-refractivity contribution in [3.8, 4) is 11.5 Å². The van der Waals surface area contributed by atoms with Gasteiger partial charge in [0.1, 0.15) is 11.5 Å². The predicted octanol–water partition coefficient (Wildman–Crippen LogP) is 3.12. The highest BCUT2D eigenvalue weighted by molar-refractivity contribution is 7.84. The molecule has 1 amide bonds. The molecule has 0 fully saturated rings. The van der Waals surface area contributed by atoms with Crippen LogP contribution < -0.4 is 5.32 Å². The molecule has 0 saturated heterocycles. The molecule has 1 atom stereocenters. The molecule has 5 nitrogen and oxygen atoms in total. The Morgan fingerprint density at radius 1 is 1.33 bits per heavy atom. The molecule has 0 saturated carbocycles. The highest BCUT2D eigenvalue weighted by Gasteiger charge is 2.16. The summed E-state index contributed by atoms with van der Waals surface area (Å²) in [6.45, 7) is 6.50. The number of aryl methyl sites for hydroxylation is 2. The molecule has 0 bridgehead atoms. The van der Waals surface area contributed by atoms with E-state index in [1.807, 2.05) is 31.2 Å². The lowest BCUT2D eigenvalue weighted by atomic mass is 10.1. The van der Waals surface area contributed by atoms with Crippen LogP contribution in [0.15, 0.2) is 28.7 Å². The summed E-state index contributed by atoms with van der Waals surface area (Å²) in [6, 6.07) is 7.88. The van der Waals surface area contributed by atoms with Crippen LogP contribution in [-0.2, 0) is 21.3 Å². The van der Waals surface area contributed by atoms with Gasteiger partial charge in [0.05, 0.1) is 11.4 Å². The number of aromatic nitrogens is 1. The number of nitrogens with zero attached hydrogens (tertiary/aromatic N) is 1. The molecular weight excluding hydrogens is 324 g/mol. The van der Waals surface area contributed by atoms with E-state index in [1.54, 1.807) is 6.92 Å². The minimum Gasteiger partial charge on any atom is -0.441 e. The van der Waals surface area contributed by atoms with Crippen molar-refractivity contribution >= 4 is 16.7 Å². The molecule has 0 aliphatic heterocycles. The number of amides is 1. The molecule has 0 unspecified atom stereocenters. The van der Waals surface area contributed by atoms with Gasteiger partial charge in [0.2, 0.25) is 11.8 Å². The normalized spacial score (nSPS) is 12.1. The second kappa shape index (κ2) is 8.78. The number of carbonyl (C=O) groups is 1. The van der Waals surface area contributed by atoms with Crippen LogP contribution in [0.1, 0.15) is 36.8 Å². The molecule has 1 aromatic carbocycles. The summed E-state index contributed by atoms with van der Waals surface area (Å²) < 4.78 is 17.9. The molecule has 0 radical (unpaired) electrons. The van der Waals surface area contributed by atoms with Crippen molar-refractivity contribution in [1.29, 1.82) is 0 Å². The molecule has 0 aliphatic carbocycles. The van der Waals surface area contributed by atoms with Gasteiger partial charge in [-0.3, -0.25) is 9.00 Å². The Labute approximate surface area is 145 Å². The van der Waals surface area contributed by atoms with Crippen LogP contribution in [0.25, 0.3) is 11.5 Å². The second-order valence-corrected chi connectivity index (χ2v) is 7.28. The Morgan fingerprint density at radius 2 is 2.12 bits per heavy atom. The van der Waals surface area contributed by atoms with Crippen molar-refractivity contribution in [2.45, 2.75) is 39.4 Å². The lowest BCUT2D eigenvalue weighted by molar-refractivity contribution is -0.118. The fourth-order valence-corrected chi connectivity index (χ4v) is 3.34. The van der Waals surface area contributed by atoms with E-state index in [2.05, 4.69) is 17.2 Å². The summed E-state index contributed by atoms with van der Waals surface area (Å²) in [5.41, 5.74) is 2.66. The predicted molar refractivity (Wildman–Crippen MR) is 96.0 cm³/mol. The number of nitrogens with one attached hydrogen (secondary N) is 1. The quantitative estimate of drug-likeness (QED) is 0.744. The number of hydrogen-bond acceptors (Lipinski definition) is 4. The molecule has 1 N–H and O–H groups in total. The Morgan fingerprint density at radius 3 is 2.83 bits per heavy atom. The lowest BCUT2D eigenvalue weighted by Gasteiger charge is -2.03. The first-order chi connectivity index (χ1) is 11.5. The zero-order chi connectivity index (χ0) is 17.5. The summed E-state index contributed by atoms with van der Waals surface area (Å²) in [5, 5.41) is 2.78. The molecule has 1 heterocycles. The molecule has 2 rings (SSSR count). The van der Waals surface area contributed by atoms with Crippen LogP contribution in [0, 0.1) is 13.8 Å². The Hall–Kier alpha value is -1.95. The largest absolute Gasteiger partial charge is 0.441 e. The van der Waals surface area contributed by atoms with Gasteiger partial charge in [-0.2, -0.15) is 0 Å². The number of oxazole rings is 1. The summed E-state index contributed by atoms with van der Waals surface area (Å²) >= 11 is 0. The smallest absolute Gasteiger partial charge is 0.232 e. The number of unbranched alkanes of at least 4 members (excludes halogenated alkanes) is 1. The molecule has 2 aromatic rings. The topological polar surface area (TPSA) is 72.2 Å². The van der Waals surface area contributed by atoms with Crippen LogP contribution in [0.4, 0.5) is 0 Å². The van der Waals surface area contributed by atoms with Gasteiger partial charge in [-0.15, -0.1) is 0 Å². The number of benzene rings is 1. The van der Waals surface area contributed by atoms with Gasteiger partial charge in [-0.25, -0.2) is 4.98 Å². The van der Waals surface area contributed by atoms with Gasteiger partial charge >= 0.3 is 0 Å². The first kappa shape index (κ1) is 18.4. The van der Waals surface area contributed by atoms with E-state index in [4.69, 9.17) is 4.42 Å². The second-order valence-electron chi connectivity index (χ2n) is 5.82. The molecule has 24 heavy (non-hydrogen) atoms. The third-order valence-electron chi connectivity index (χ3n) is 3.60. The Balaban J connectivity index is 1.98. The van der Waals surface area contributed by atoms with Crippen LogP contribution in [0.5, 0.6) is 0 Å². The monoisotopic (exact) mass is 348 g/mol. The molecular formula is C18H24N2O3S. The zero-order valence-electron chi connectivity index (χ0n) is 14.4. The van der Waals surface area contributed by atoms with Gasteiger partial charge < -0.3 is 9.73 Å². The molecule has 130 valence electrons. The average molecular weight is 348 g/mol. The number of rotatable bonds is 8. The van der Waals surface area contributed by atoms with Crippen molar-refractivity contribution in [2.75, 3.05) is 12.3 Å². The fraction of sp³-hybridized carbons (Fsp3) is 0.444. The Kier molecular flexibility index (Phi) is 6.73. The third-order valence-corrected chi connectivity index (χ3v) is 4.78. The SMILES string of the molecule is CCCCNC(=O)C[S@](=O)Cc1nc(-c2cccc(C)c2)oc1C. The van der Waals surface area contributed by atoms with Gasteiger partial charge in [-0.05, 0) is 32.4 Å². The highest BCUT2D eigenvalue weighted by Crippen LogP contribution is 2.23. The number of hydrogen-bond donors (Lipinski definition) is 1. The third kappa shape index (κ3) is 5.30. The van der Waals surface area contributed by atoms with Crippen LogP contribution in [-0.4, -0.2) is 27.4 Å². The maximum Gasteiger partial charge on any atom is 0.232 e. The van der Waals surface area contributed by atoms with E-state index in [0.29, 0.717) is 23.9 Å². The van der Waals surface area contributed by atoms with Gasteiger partial charge in [0, 0.05) is 22.9 Å². The maximum atomic E-state index is 12.2. The van der Waals surface area contributed by atoms with E-state index in [-0.39, 0.29) is 17.4 Å². The van der Waals surface area contributed by atoms with E-state index < -0.39 is 10.8 Å².